The molecule has 0 saturated carbocycles. The highest BCUT2D eigenvalue weighted by atomic mass is 16.5. The minimum atomic E-state index is -2.61. The minimum Gasteiger partial charge on any atom is -0.507 e. The molecule has 4 N–H and O–H groups in total. The second-order valence-electron chi connectivity index (χ2n) is 11.7. The summed E-state index contributed by atoms with van der Waals surface area (Å²) >= 11 is 0. The summed E-state index contributed by atoms with van der Waals surface area (Å²) < 4.78 is 16.3. The molecule has 3 heterocycles. The standard InChI is InChI=1S/C34H31N3O9/c1-33(2)16-18-14-23(45-4)24(46-5)15-20(18)27-25(30(35)41)34(32(43)37(27)33)26(28(39)17-10-12-19(44-3)13-11-17)29(40)31(42)36(34)21-8-6-7-9-22(21)38/h6-15,38-39H,16H2,1-5H3,(H2,35,41)/b28-26-. The molecule has 0 aromatic heterocycles. The fourth-order valence-electron chi connectivity index (χ4n) is 6.81. The zero-order valence-corrected chi connectivity index (χ0v) is 25.7. The number of carbonyl (C=O) groups excluding carboxylic acids is 4. The van der Waals surface area contributed by atoms with E-state index in [4.69, 9.17) is 19.9 Å². The van der Waals surface area contributed by atoms with Crippen molar-refractivity contribution in [2.45, 2.75) is 31.3 Å². The summed E-state index contributed by atoms with van der Waals surface area (Å²) in [6.45, 7) is 3.52. The number of ether oxygens (including phenoxy) is 3. The molecular formula is C34H31N3O9. The molecule has 12 nitrogen and oxygen atoms in total. The number of aliphatic hydroxyl groups excluding tert-OH is 1. The van der Waals surface area contributed by atoms with Crippen molar-refractivity contribution in [2.75, 3.05) is 26.2 Å². The maximum Gasteiger partial charge on any atom is 0.300 e. The van der Waals surface area contributed by atoms with Gasteiger partial charge in [0.15, 0.2) is 17.0 Å². The number of phenolic OH excluding ortho intramolecular Hbond substituents is 1. The van der Waals surface area contributed by atoms with Crippen molar-refractivity contribution >= 4 is 40.6 Å². The zero-order valence-electron chi connectivity index (χ0n) is 25.7. The summed E-state index contributed by atoms with van der Waals surface area (Å²) in [7, 11) is 4.36. The minimum absolute atomic E-state index is 0.0349. The number of primary amides is 1. The van der Waals surface area contributed by atoms with Crippen LogP contribution in [0.3, 0.4) is 0 Å². The SMILES string of the molecule is COc1ccc(/C(O)=C2\C(=O)C(=O)N(c3ccccc3O)C23C(=O)N2C(=C3C(N)=O)c3cc(OC)c(OC)cc3CC2(C)C)cc1. The molecule has 12 heteroatoms. The summed E-state index contributed by atoms with van der Waals surface area (Å²) in [5, 5.41) is 22.8. The van der Waals surface area contributed by atoms with Crippen LogP contribution in [0.4, 0.5) is 5.69 Å². The average Bonchev–Trinajstić information content (AvgIpc) is 3.43. The monoisotopic (exact) mass is 625 g/mol. The summed E-state index contributed by atoms with van der Waals surface area (Å²) in [5.74, 6) is -4.57. The fourth-order valence-corrected chi connectivity index (χ4v) is 6.81. The third-order valence-electron chi connectivity index (χ3n) is 8.72. The van der Waals surface area contributed by atoms with Crippen LogP contribution in [0.2, 0.25) is 0 Å². The van der Waals surface area contributed by atoms with Crippen LogP contribution in [-0.2, 0) is 25.6 Å². The molecular weight excluding hydrogens is 594 g/mol. The van der Waals surface area contributed by atoms with Gasteiger partial charge >= 0.3 is 5.91 Å². The van der Waals surface area contributed by atoms with E-state index in [2.05, 4.69) is 0 Å². The number of aliphatic hydroxyl groups is 1. The topological polar surface area (TPSA) is 169 Å². The van der Waals surface area contributed by atoms with Gasteiger partial charge < -0.3 is 35.1 Å². The number of nitrogens with two attached hydrogens (primary N) is 1. The summed E-state index contributed by atoms with van der Waals surface area (Å²) in [4.78, 5) is 59.4. The van der Waals surface area contributed by atoms with Crippen LogP contribution in [0.1, 0.15) is 30.5 Å². The largest absolute Gasteiger partial charge is 0.507 e. The molecule has 1 unspecified atom stereocenters. The maximum atomic E-state index is 15.2. The van der Waals surface area contributed by atoms with Gasteiger partial charge in [-0.2, -0.15) is 0 Å². The van der Waals surface area contributed by atoms with Gasteiger partial charge in [-0.1, -0.05) is 12.1 Å². The lowest BCUT2D eigenvalue weighted by Gasteiger charge is -2.44. The second kappa shape index (κ2) is 10.4. The molecule has 0 bridgehead atoms. The van der Waals surface area contributed by atoms with Gasteiger partial charge in [0.05, 0.1) is 43.9 Å². The number of aromatic hydroxyl groups is 1. The zero-order chi connectivity index (χ0) is 33.3. The van der Waals surface area contributed by atoms with Crippen molar-refractivity contribution < 1.29 is 43.6 Å². The molecule has 3 aromatic rings. The highest BCUT2D eigenvalue weighted by Crippen LogP contribution is 2.58. The van der Waals surface area contributed by atoms with E-state index in [1.165, 1.54) is 74.8 Å². The second-order valence-corrected chi connectivity index (χ2v) is 11.7. The molecule has 1 spiro atoms. The molecule has 236 valence electrons. The van der Waals surface area contributed by atoms with E-state index < -0.39 is 57.2 Å². The Morgan fingerprint density at radius 1 is 0.891 bits per heavy atom. The van der Waals surface area contributed by atoms with Gasteiger partial charge in [0.2, 0.25) is 5.91 Å². The predicted molar refractivity (Wildman–Crippen MR) is 166 cm³/mol. The number of amides is 3. The number of rotatable bonds is 6. The van der Waals surface area contributed by atoms with Crippen LogP contribution in [0.5, 0.6) is 23.0 Å². The number of nitrogens with zero attached hydrogens (tertiary/aromatic N) is 2. The molecule has 46 heavy (non-hydrogen) atoms. The highest BCUT2D eigenvalue weighted by molar-refractivity contribution is 6.56. The van der Waals surface area contributed by atoms with Gasteiger partial charge in [-0.05, 0) is 74.4 Å². The van der Waals surface area contributed by atoms with E-state index >= 15 is 4.79 Å². The lowest BCUT2D eigenvalue weighted by atomic mass is 9.79. The van der Waals surface area contributed by atoms with E-state index in [9.17, 15) is 24.6 Å². The summed E-state index contributed by atoms with van der Waals surface area (Å²) in [6, 6.07) is 14.8. The number of ketones is 1. The number of hydrogen-bond donors (Lipinski definition) is 3. The molecule has 3 amide bonds. The number of Topliss-reactive ketones (excluding diaryl/α,β-unsaturated/α-hetero) is 1. The van der Waals surface area contributed by atoms with Gasteiger partial charge in [0, 0.05) is 16.7 Å². The smallest absolute Gasteiger partial charge is 0.300 e. The van der Waals surface area contributed by atoms with Gasteiger partial charge in [-0.25, -0.2) is 0 Å². The molecule has 3 aliphatic rings. The molecule has 0 radical (unpaired) electrons. The van der Waals surface area contributed by atoms with E-state index in [-0.39, 0.29) is 23.4 Å². The molecule has 1 atom stereocenters. The van der Waals surface area contributed by atoms with Crippen LogP contribution in [0, 0.1) is 0 Å². The summed E-state index contributed by atoms with van der Waals surface area (Å²) in [6.07, 6.45) is 0.266. The maximum absolute atomic E-state index is 15.2. The fraction of sp³-hybridized carbons (Fsp3) is 0.235. The van der Waals surface area contributed by atoms with Gasteiger partial charge in [0.1, 0.15) is 17.3 Å². The number of fused-ring (bicyclic) bond motifs is 3. The molecule has 1 saturated heterocycles. The third kappa shape index (κ3) is 3.92. The van der Waals surface area contributed by atoms with E-state index in [0.717, 1.165) is 4.90 Å². The Kier molecular flexibility index (Phi) is 6.84. The number of methoxy groups -OCH3 is 3. The first-order valence-electron chi connectivity index (χ1n) is 14.2. The van der Waals surface area contributed by atoms with Gasteiger partial charge in [-0.3, -0.25) is 24.1 Å². The molecule has 3 aromatic carbocycles. The van der Waals surface area contributed by atoms with Crippen molar-refractivity contribution in [3.8, 4) is 23.0 Å². The number of para-hydroxylation sites is 2. The normalized spacial score (nSPS) is 21.0. The van der Waals surface area contributed by atoms with Crippen molar-refractivity contribution in [2.24, 2.45) is 5.73 Å². The summed E-state index contributed by atoms with van der Waals surface area (Å²) in [5.41, 5.74) is 2.28. The lowest BCUT2D eigenvalue weighted by molar-refractivity contribution is -0.135. The quantitative estimate of drug-likeness (QED) is 0.212. The predicted octanol–water partition coefficient (Wildman–Crippen LogP) is 3.12. The van der Waals surface area contributed by atoms with E-state index in [1.807, 2.05) is 0 Å². The highest BCUT2D eigenvalue weighted by Gasteiger charge is 2.72. The van der Waals surface area contributed by atoms with Crippen LogP contribution >= 0.6 is 0 Å². The van der Waals surface area contributed by atoms with E-state index in [1.54, 1.807) is 26.0 Å². The number of hydrogen-bond acceptors (Lipinski definition) is 9. The molecule has 1 fully saturated rings. The van der Waals surface area contributed by atoms with Crippen molar-refractivity contribution in [1.29, 1.82) is 0 Å². The average molecular weight is 626 g/mol. The molecule has 6 rings (SSSR count). The first-order valence-corrected chi connectivity index (χ1v) is 14.2. The van der Waals surface area contributed by atoms with Crippen molar-refractivity contribution in [3.05, 3.63) is 88.5 Å². The Bertz CT molecular complexity index is 1930. The number of benzene rings is 3. The Labute approximate surface area is 263 Å². The Morgan fingerprint density at radius 2 is 1.52 bits per heavy atom. The van der Waals surface area contributed by atoms with Crippen molar-refractivity contribution in [3.63, 3.8) is 0 Å². The van der Waals surface area contributed by atoms with Crippen LogP contribution in [0.15, 0.2) is 71.8 Å². The van der Waals surface area contributed by atoms with Gasteiger partial charge in [-0.15, -0.1) is 0 Å². The number of phenols is 1. The number of carbonyl (C=O) groups is 4. The lowest BCUT2D eigenvalue weighted by Crippen LogP contribution is -2.60. The Morgan fingerprint density at radius 3 is 2.11 bits per heavy atom. The Balaban J connectivity index is 1.81. The van der Waals surface area contributed by atoms with Crippen LogP contribution in [0.25, 0.3) is 11.5 Å². The molecule has 0 aliphatic carbocycles. The first kappa shape index (κ1) is 30.3. The van der Waals surface area contributed by atoms with E-state index in [0.29, 0.717) is 28.4 Å². The first-order chi connectivity index (χ1) is 21.8. The van der Waals surface area contributed by atoms with Crippen molar-refractivity contribution in [1.82, 2.24) is 4.90 Å². The third-order valence-corrected chi connectivity index (χ3v) is 8.72. The van der Waals surface area contributed by atoms with Crippen LogP contribution < -0.4 is 24.8 Å². The molecule has 3 aliphatic heterocycles. The van der Waals surface area contributed by atoms with Gasteiger partial charge in [0.25, 0.3) is 11.7 Å². The van der Waals surface area contributed by atoms with Crippen LogP contribution in [-0.4, -0.2) is 71.0 Å². The number of anilines is 1. The Hall–Kier alpha value is -5.78.